The molecular formula is C12H25ClN2O2. The van der Waals surface area contributed by atoms with E-state index in [-0.39, 0.29) is 24.2 Å². The van der Waals surface area contributed by atoms with Gasteiger partial charge in [-0.1, -0.05) is 20.3 Å². The number of hydrogen-bond donors (Lipinski definition) is 3. The highest BCUT2D eigenvalue weighted by molar-refractivity contribution is 5.86. The van der Waals surface area contributed by atoms with Crippen molar-refractivity contribution in [2.45, 2.75) is 51.7 Å². The Morgan fingerprint density at radius 3 is 2.71 bits per heavy atom. The highest BCUT2D eigenvalue weighted by atomic mass is 35.5. The molecule has 0 radical (unpaired) electrons. The van der Waals surface area contributed by atoms with Crippen molar-refractivity contribution in [2.24, 2.45) is 5.92 Å². The summed E-state index contributed by atoms with van der Waals surface area (Å²) in [7, 11) is 0. The Balaban J connectivity index is 0.00000256. The van der Waals surface area contributed by atoms with Crippen molar-refractivity contribution in [3.63, 3.8) is 0 Å². The fraction of sp³-hybridized carbons (Fsp3) is 0.917. The maximum atomic E-state index is 11.9. The van der Waals surface area contributed by atoms with Crippen molar-refractivity contribution in [1.82, 2.24) is 10.6 Å². The zero-order valence-electron chi connectivity index (χ0n) is 11.0. The third-order valence-corrected chi connectivity index (χ3v) is 3.64. The lowest BCUT2D eigenvalue weighted by molar-refractivity contribution is -0.127. The van der Waals surface area contributed by atoms with Crippen LogP contribution < -0.4 is 10.6 Å². The van der Waals surface area contributed by atoms with Crippen molar-refractivity contribution >= 4 is 18.3 Å². The third-order valence-electron chi connectivity index (χ3n) is 3.64. The Hall–Kier alpha value is -0.320. The van der Waals surface area contributed by atoms with Crippen LogP contribution in [0, 0.1) is 5.92 Å². The van der Waals surface area contributed by atoms with Gasteiger partial charge in [-0.05, 0) is 32.2 Å². The summed E-state index contributed by atoms with van der Waals surface area (Å²) >= 11 is 0. The molecule has 0 bridgehead atoms. The molecule has 1 amide bonds. The van der Waals surface area contributed by atoms with Gasteiger partial charge in [-0.15, -0.1) is 12.4 Å². The highest BCUT2D eigenvalue weighted by Gasteiger charge is 2.35. The molecular weight excluding hydrogens is 240 g/mol. The second-order valence-electron chi connectivity index (χ2n) is 5.03. The second kappa shape index (κ2) is 7.19. The number of rotatable bonds is 5. The summed E-state index contributed by atoms with van der Waals surface area (Å²) in [6.45, 7) is 7.20. The van der Waals surface area contributed by atoms with Gasteiger partial charge in [0, 0.05) is 6.54 Å². The van der Waals surface area contributed by atoms with Gasteiger partial charge in [0.1, 0.15) is 0 Å². The molecule has 102 valence electrons. The summed E-state index contributed by atoms with van der Waals surface area (Å²) in [6.07, 6.45) is 2.39. The van der Waals surface area contributed by atoms with E-state index in [1.165, 1.54) is 0 Å². The molecule has 1 aliphatic rings. The standard InChI is InChI=1S/C12H24N2O2.ClH/c1-4-9(2)10(15)8-13-11(16)12(3)6-5-7-14-12;/h9-10,14-15H,4-8H2,1-3H3,(H,13,16);1H. The molecule has 0 aromatic heterocycles. The second-order valence-corrected chi connectivity index (χ2v) is 5.03. The minimum absolute atomic E-state index is 0. The quantitative estimate of drug-likeness (QED) is 0.696. The van der Waals surface area contributed by atoms with Crippen LogP contribution in [0.3, 0.4) is 0 Å². The predicted octanol–water partition coefficient (Wildman–Crippen LogP) is 1.07. The van der Waals surface area contributed by atoms with Crippen LogP contribution in [-0.2, 0) is 4.79 Å². The topological polar surface area (TPSA) is 61.4 Å². The van der Waals surface area contributed by atoms with Crippen LogP contribution in [-0.4, -0.2) is 35.7 Å². The van der Waals surface area contributed by atoms with E-state index in [1.54, 1.807) is 0 Å². The third kappa shape index (κ3) is 4.45. The van der Waals surface area contributed by atoms with Crippen molar-refractivity contribution in [3.8, 4) is 0 Å². The first-order valence-electron chi connectivity index (χ1n) is 6.21. The van der Waals surface area contributed by atoms with Gasteiger partial charge in [0.2, 0.25) is 5.91 Å². The molecule has 1 aliphatic heterocycles. The first-order valence-corrected chi connectivity index (χ1v) is 6.21. The van der Waals surface area contributed by atoms with E-state index < -0.39 is 11.6 Å². The van der Waals surface area contributed by atoms with Crippen LogP contribution in [0.15, 0.2) is 0 Å². The fourth-order valence-corrected chi connectivity index (χ4v) is 1.95. The molecule has 5 heteroatoms. The van der Waals surface area contributed by atoms with Gasteiger partial charge >= 0.3 is 0 Å². The van der Waals surface area contributed by atoms with E-state index in [9.17, 15) is 9.90 Å². The van der Waals surface area contributed by atoms with E-state index in [4.69, 9.17) is 0 Å². The number of amides is 1. The molecule has 3 unspecified atom stereocenters. The zero-order chi connectivity index (χ0) is 12.2. The van der Waals surface area contributed by atoms with Crippen LogP contribution in [0.25, 0.3) is 0 Å². The molecule has 1 saturated heterocycles. The van der Waals surface area contributed by atoms with Gasteiger partial charge in [-0.3, -0.25) is 4.79 Å². The average molecular weight is 265 g/mol. The van der Waals surface area contributed by atoms with Crippen molar-refractivity contribution in [3.05, 3.63) is 0 Å². The molecule has 1 heterocycles. The molecule has 3 N–H and O–H groups in total. The van der Waals surface area contributed by atoms with Crippen LogP contribution in [0.1, 0.15) is 40.0 Å². The van der Waals surface area contributed by atoms with E-state index in [2.05, 4.69) is 10.6 Å². The van der Waals surface area contributed by atoms with Crippen molar-refractivity contribution in [1.29, 1.82) is 0 Å². The number of halogens is 1. The summed E-state index contributed by atoms with van der Waals surface area (Å²) in [5.74, 6) is 0.233. The number of carbonyl (C=O) groups is 1. The largest absolute Gasteiger partial charge is 0.391 e. The number of hydrogen-bond acceptors (Lipinski definition) is 3. The van der Waals surface area contributed by atoms with Crippen LogP contribution in [0.5, 0.6) is 0 Å². The van der Waals surface area contributed by atoms with E-state index in [1.807, 2.05) is 20.8 Å². The molecule has 4 nitrogen and oxygen atoms in total. The normalized spacial score (nSPS) is 27.1. The Morgan fingerprint density at radius 1 is 1.59 bits per heavy atom. The minimum Gasteiger partial charge on any atom is -0.391 e. The number of carbonyl (C=O) groups excluding carboxylic acids is 1. The molecule has 3 atom stereocenters. The van der Waals surface area contributed by atoms with Gasteiger partial charge in [-0.25, -0.2) is 0 Å². The van der Waals surface area contributed by atoms with Crippen LogP contribution in [0.4, 0.5) is 0 Å². The zero-order valence-corrected chi connectivity index (χ0v) is 11.8. The predicted molar refractivity (Wildman–Crippen MR) is 71.4 cm³/mol. The van der Waals surface area contributed by atoms with Gasteiger partial charge < -0.3 is 15.7 Å². The molecule has 0 aromatic carbocycles. The number of nitrogens with one attached hydrogen (secondary N) is 2. The fourth-order valence-electron chi connectivity index (χ4n) is 1.95. The molecule has 1 fully saturated rings. The number of aliphatic hydroxyl groups is 1. The lowest BCUT2D eigenvalue weighted by Gasteiger charge is -2.25. The molecule has 0 spiro atoms. The maximum Gasteiger partial charge on any atom is 0.240 e. The van der Waals surface area contributed by atoms with Crippen LogP contribution >= 0.6 is 12.4 Å². The Labute approximate surface area is 110 Å². The summed E-state index contributed by atoms with van der Waals surface area (Å²) in [5, 5.41) is 15.8. The maximum absolute atomic E-state index is 11.9. The van der Waals surface area contributed by atoms with Crippen molar-refractivity contribution < 1.29 is 9.90 Å². The highest BCUT2D eigenvalue weighted by Crippen LogP contribution is 2.18. The Morgan fingerprint density at radius 2 is 2.24 bits per heavy atom. The first-order chi connectivity index (χ1) is 7.49. The van der Waals surface area contributed by atoms with Crippen LogP contribution in [0.2, 0.25) is 0 Å². The summed E-state index contributed by atoms with van der Waals surface area (Å²) in [6, 6.07) is 0. The molecule has 0 saturated carbocycles. The van der Waals surface area contributed by atoms with E-state index in [0.717, 1.165) is 25.8 Å². The summed E-state index contributed by atoms with van der Waals surface area (Å²) in [4.78, 5) is 11.9. The lowest BCUT2D eigenvalue weighted by atomic mass is 9.98. The van der Waals surface area contributed by atoms with Gasteiger partial charge in [0.25, 0.3) is 0 Å². The van der Waals surface area contributed by atoms with Crippen molar-refractivity contribution in [2.75, 3.05) is 13.1 Å². The monoisotopic (exact) mass is 264 g/mol. The summed E-state index contributed by atoms with van der Waals surface area (Å²) < 4.78 is 0. The minimum atomic E-state index is -0.445. The first kappa shape index (κ1) is 16.7. The van der Waals surface area contributed by atoms with Gasteiger partial charge in [0.15, 0.2) is 0 Å². The molecule has 1 rings (SSSR count). The SMILES string of the molecule is CCC(C)C(O)CNC(=O)C1(C)CCCN1.Cl. The summed E-state index contributed by atoms with van der Waals surface area (Å²) in [5.41, 5.74) is -0.435. The Kier molecular flexibility index (Phi) is 7.05. The van der Waals surface area contributed by atoms with Gasteiger partial charge in [-0.2, -0.15) is 0 Å². The van der Waals surface area contributed by atoms with E-state index in [0.29, 0.717) is 6.54 Å². The smallest absolute Gasteiger partial charge is 0.240 e. The number of aliphatic hydroxyl groups excluding tert-OH is 1. The Bertz CT molecular complexity index is 243. The molecule has 0 aliphatic carbocycles. The van der Waals surface area contributed by atoms with Gasteiger partial charge in [0.05, 0.1) is 11.6 Å². The average Bonchev–Trinajstić information content (AvgIpc) is 2.72. The lowest BCUT2D eigenvalue weighted by Crippen LogP contribution is -2.52. The van der Waals surface area contributed by atoms with E-state index >= 15 is 0 Å². The molecule has 0 aromatic rings. The molecule has 17 heavy (non-hydrogen) atoms.